The first-order valence-electron chi connectivity index (χ1n) is 8.53. The molecule has 3 rings (SSSR count). The molecule has 1 unspecified atom stereocenters. The molecule has 0 spiro atoms. The van der Waals surface area contributed by atoms with Crippen molar-refractivity contribution in [2.75, 3.05) is 13.4 Å². The number of carbonyl (C=O) groups excluding carboxylic acids is 2. The fourth-order valence-electron chi connectivity index (χ4n) is 2.97. The minimum atomic E-state index is -3.45. The number of rotatable bonds is 6. The Morgan fingerprint density at radius 2 is 1.89 bits per heavy atom. The molecule has 1 aromatic heterocycles. The molecule has 3 aromatic rings. The van der Waals surface area contributed by atoms with Crippen LogP contribution in [0.2, 0.25) is 0 Å². The normalized spacial score (nSPS) is 12.5. The lowest BCUT2D eigenvalue weighted by Crippen LogP contribution is -2.43. The summed E-state index contributed by atoms with van der Waals surface area (Å²) >= 11 is 0. The van der Waals surface area contributed by atoms with Crippen LogP contribution in [0.15, 0.2) is 59.6 Å². The number of sulfone groups is 1. The molecule has 0 saturated heterocycles. The Kier molecular flexibility index (Phi) is 5.51. The second-order valence-corrected chi connectivity index (χ2v) is 8.43. The first-order valence-corrected chi connectivity index (χ1v) is 10.4. The number of methoxy groups -OCH3 is 1. The summed E-state index contributed by atoms with van der Waals surface area (Å²) in [5, 5.41) is 3.59. The van der Waals surface area contributed by atoms with Gasteiger partial charge in [0.15, 0.2) is 9.84 Å². The van der Waals surface area contributed by atoms with Crippen molar-refractivity contribution in [3.63, 3.8) is 0 Å². The van der Waals surface area contributed by atoms with Gasteiger partial charge in [-0.25, -0.2) is 13.2 Å². The van der Waals surface area contributed by atoms with E-state index in [1.54, 1.807) is 6.20 Å². The number of nitrogens with one attached hydrogen (secondary N) is 2. The Balaban J connectivity index is 1.85. The van der Waals surface area contributed by atoms with E-state index >= 15 is 0 Å². The van der Waals surface area contributed by atoms with Crippen molar-refractivity contribution in [3.8, 4) is 0 Å². The summed E-state index contributed by atoms with van der Waals surface area (Å²) in [6.07, 6.45) is 3.09. The van der Waals surface area contributed by atoms with Gasteiger partial charge in [-0.3, -0.25) is 4.79 Å². The Morgan fingerprint density at radius 3 is 2.61 bits per heavy atom. The van der Waals surface area contributed by atoms with Crippen LogP contribution < -0.4 is 5.32 Å². The van der Waals surface area contributed by atoms with Crippen molar-refractivity contribution >= 4 is 32.6 Å². The van der Waals surface area contributed by atoms with Gasteiger partial charge < -0.3 is 15.0 Å². The number of ether oxygens (including phenoxy) is 1. The number of esters is 1. The molecule has 0 radical (unpaired) electrons. The van der Waals surface area contributed by atoms with Crippen LogP contribution in [0.3, 0.4) is 0 Å². The molecule has 0 bridgehead atoms. The third kappa shape index (κ3) is 4.23. The van der Waals surface area contributed by atoms with Crippen molar-refractivity contribution in [1.82, 2.24) is 10.3 Å². The minimum Gasteiger partial charge on any atom is -0.467 e. The first kappa shape index (κ1) is 19.6. The number of hydrogen-bond donors (Lipinski definition) is 2. The molecule has 1 amide bonds. The maximum Gasteiger partial charge on any atom is 0.328 e. The SMILES string of the molecule is COC(=O)C(Cc1c[nH]c2ccccc12)NC(=O)c1cccc(S(C)(=O)=O)c1. The highest BCUT2D eigenvalue weighted by Crippen LogP contribution is 2.20. The van der Waals surface area contributed by atoms with Gasteiger partial charge in [0, 0.05) is 35.3 Å². The van der Waals surface area contributed by atoms with Gasteiger partial charge in [-0.1, -0.05) is 24.3 Å². The maximum absolute atomic E-state index is 12.6. The summed E-state index contributed by atoms with van der Waals surface area (Å²) in [7, 11) is -2.20. The van der Waals surface area contributed by atoms with E-state index in [1.165, 1.54) is 31.4 Å². The number of para-hydroxylation sites is 1. The molecule has 146 valence electrons. The van der Waals surface area contributed by atoms with Crippen LogP contribution in [0, 0.1) is 0 Å². The standard InChI is InChI=1S/C20H20N2O5S/c1-27-20(24)18(11-14-12-21-17-9-4-3-8-16(14)17)22-19(23)13-6-5-7-15(10-13)28(2,25)26/h3-10,12,18,21H,11H2,1-2H3,(H,22,23). The highest BCUT2D eigenvalue weighted by molar-refractivity contribution is 7.90. The topological polar surface area (TPSA) is 105 Å². The zero-order valence-corrected chi connectivity index (χ0v) is 16.2. The molecule has 2 N–H and O–H groups in total. The van der Waals surface area contributed by atoms with Crippen molar-refractivity contribution in [1.29, 1.82) is 0 Å². The van der Waals surface area contributed by atoms with Gasteiger partial charge in [-0.15, -0.1) is 0 Å². The summed E-state index contributed by atoms with van der Waals surface area (Å²) in [5.74, 6) is -1.14. The summed E-state index contributed by atoms with van der Waals surface area (Å²) in [6.45, 7) is 0. The number of aromatic nitrogens is 1. The lowest BCUT2D eigenvalue weighted by atomic mass is 10.0. The second kappa shape index (κ2) is 7.85. The first-order chi connectivity index (χ1) is 13.3. The van der Waals surface area contributed by atoms with Crippen molar-refractivity contribution in [2.24, 2.45) is 0 Å². The van der Waals surface area contributed by atoms with E-state index in [1.807, 2.05) is 24.3 Å². The molecule has 1 atom stereocenters. The summed E-state index contributed by atoms with van der Waals surface area (Å²) < 4.78 is 28.3. The van der Waals surface area contributed by atoms with Gasteiger partial charge in [0.2, 0.25) is 0 Å². The van der Waals surface area contributed by atoms with Gasteiger partial charge in [0.1, 0.15) is 6.04 Å². The molecule has 0 aliphatic rings. The Hall–Kier alpha value is -3.13. The molecule has 2 aromatic carbocycles. The zero-order valence-electron chi connectivity index (χ0n) is 15.4. The second-order valence-electron chi connectivity index (χ2n) is 6.41. The number of amides is 1. The monoisotopic (exact) mass is 400 g/mol. The van der Waals surface area contributed by atoms with Gasteiger partial charge >= 0.3 is 5.97 Å². The van der Waals surface area contributed by atoms with Crippen molar-refractivity contribution < 1.29 is 22.7 Å². The van der Waals surface area contributed by atoms with Crippen LogP contribution in [-0.4, -0.2) is 44.7 Å². The Bertz CT molecular complexity index is 1130. The molecule has 1 heterocycles. The number of aromatic amines is 1. The van der Waals surface area contributed by atoms with Gasteiger partial charge in [-0.05, 0) is 29.8 Å². The summed E-state index contributed by atoms with van der Waals surface area (Å²) in [5.41, 5.74) is 1.93. The van der Waals surface area contributed by atoms with Gasteiger partial charge in [0.25, 0.3) is 5.91 Å². The Morgan fingerprint density at radius 1 is 1.14 bits per heavy atom. The lowest BCUT2D eigenvalue weighted by molar-refractivity contribution is -0.142. The molecule has 0 saturated carbocycles. The molecule has 28 heavy (non-hydrogen) atoms. The fourth-order valence-corrected chi connectivity index (χ4v) is 3.63. The van der Waals surface area contributed by atoms with Crippen LogP contribution in [0.5, 0.6) is 0 Å². The van der Waals surface area contributed by atoms with E-state index in [2.05, 4.69) is 10.3 Å². The molecule has 0 aliphatic heterocycles. The highest BCUT2D eigenvalue weighted by Gasteiger charge is 2.24. The van der Waals surface area contributed by atoms with E-state index in [9.17, 15) is 18.0 Å². The number of hydrogen-bond acceptors (Lipinski definition) is 5. The van der Waals surface area contributed by atoms with Crippen LogP contribution in [0.25, 0.3) is 10.9 Å². The molecular weight excluding hydrogens is 380 g/mol. The number of carbonyl (C=O) groups is 2. The summed E-state index contributed by atoms with van der Waals surface area (Å²) in [4.78, 5) is 28.0. The van der Waals surface area contributed by atoms with Gasteiger partial charge in [0.05, 0.1) is 12.0 Å². The van der Waals surface area contributed by atoms with Crippen molar-refractivity contribution in [2.45, 2.75) is 17.4 Å². The summed E-state index contributed by atoms with van der Waals surface area (Å²) in [6, 6.07) is 12.4. The molecule has 0 fully saturated rings. The zero-order chi connectivity index (χ0) is 20.3. The molecule has 7 nitrogen and oxygen atoms in total. The Labute approximate surface area is 162 Å². The average molecular weight is 400 g/mol. The fraction of sp³-hybridized carbons (Fsp3) is 0.200. The lowest BCUT2D eigenvalue weighted by Gasteiger charge is -2.16. The van der Waals surface area contributed by atoms with Crippen LogP contribution in [-0.2, 0) is 25.8 Å². The molecular formula is C20H20N2O5S. The largest absolute Gasteiger partial charge is 0.467 e. The molecule has 8 heteroatoms. The molecule has 0 aliphatic carbocycles. The van der Waals surface area contributed by atoms with Crippen LogP contribution >= 0.6 is 0 Å². The maximum atomic E-state index is 12.6. The minimum absolute atomic E-state index is 0.0337. The number of benzene rings is 2. The van der Waals surface area contributed by atoms with Crippen LogP contribution in [0.4, 0.5) is 0 Å². The van der Waals surface area contributed by atoms with E-state index in [-0.39, 0.29) is 16.9 Å². The third-order valence-corrected chi connectivity index (χ3v) is 5.52. The van der Waals surface area contributed by atoms with E-state index in [0.29, 0.717) is 0 Å². The predicted octanol–water partition coefficient (Wildman–Crippen LogP) is 2.09. The van der Waals surface area contributed by atoms with E-state index < -0.39 is 27.8 Å². The van der Waals surface area contributed by atoms with E-state index in [0.717, 1.165) is 22.7 Å². The third-order valence-electron chi connectivity index (χ3n) is 4.41. The number of fused-ring (bicyclic) bond motifs is 1. The highest BCUT2D eigenvalue weighted by atomic mass is 32.2. The quantitative estimate of drug-likeness (QED) is 0.617. The number of H-pyrrole nitrogens is 1. The average Bonchev–Trinajstić information content (AvgIpc) is 3.09. The van der Waals surface area contributed by atoms with Gasteiger partial charge in [-0.2, -0.15) is 0 Å². The van der Waals surface area contributed by atoms with Crippen LogP contribution in [0.1, 0.15) is 15.9 Å². The van der Waals surface area contributed by atoms with Crippen molar-refractivity contribution in [3.05, 3.63) is 65.9 Å². The predicted molar refractivity (Wildman–Crippen MR) is 105 cm³/mol. The van der Waals surface area contributed by atoms with E-state index in [4.69, 9.17) is 4.74 Å². The smallest absolute Gasteiger partial charge is 0.328 e.